The second-order valence-electron chi connectivity index (χ2n) is 8.09. The third kappa shape index (κ3) is 5.26. The van der Waals surface area contributed by atoms with Gasteiger partial charge in [0, 0.05) is 60.2 Å². The molecule has 0 radical (unpaired) electrons. The fourth-order valence-electron chi connectivity index (χ4n) is 4.24. The predicted octanol–water partition coefficient (Wildman–Crippen LogP) is 3.22. The highest BCUT2D eigenvalue weighted by Crippen LogP contribution is 2.32. The maximum atomic E-state index is 12.9. The average molecular weight is 467 g/mol. The van der Waals surface area contributed by atoms with Crippen LogP contribution in [-0.4, -0.2) is 55.4 Å². The zero-order valence-electron chi connectivity index (χ0n) is 18.8. The van der Waals surface area contributed by atoms with Gasteiger partial charge in [0.25, 0.3) is 0 Å². The van der Waals surface area contributed by atoms with Crippen molar-refractivity contribution in [2.75, 3.05) is 39.1 Å². The van der Waals surface area contributed by atoms with Crippen molar-refractivity contribution in [2.24, 2.45) is 0 Å². The summed E-state index contributed by atoms with van der Waals surface area (Å²) >= 11 is 6.11. The Bertz CT molecular complexity index is 1200. The van der Waals surface area contributed by atoms with Crippen LogP contribution in [0.4, 0.5) is 5.69 Å². The van der Waals surface area contributed by atoms with Crippen LogP contribution >= 0.6 is 11.6 Å². The highest BCUT2D eigenvalue weighted by Gasteiger charge is 2.24. The molecule has 0 spiro atoms. The van der Waals surface area contributed by atoms with Crippen LogP contribution in [0, 0.1) is 0 Å². The molecule has 1 aliphatic rings. The average Bonchev–Trinajstić information content (AvgIpc) is 2.81. The number of aromatic nitrogens is 1. The van der Waals surface area contributed by atoms with Gasteiger partial charge < -0.3 is 15.4 Å². The van der Waals surface area contributed by atoms with Gasteiger partial charge >= 0.3 is 0 Å². The lowest BCUT2D eigenvalue weighted by Gasteiger charge is -2.30. The Balaban J connectivity index is 1.55. The predicted molar refractivity (Wildman–Crippen MR) is 130 cm³/mol. The first-order valence-electron chi connectivity index (χ1n) is 10.9. The molecule has 8 heteroatoms. The number of Topliss-reactive ketones (excluding diaryl/α,β-unsaturated/α-hetero) is 1. The maximum absolute atomic E-state index is 12.9. The number of carbonyl (C=O) groups excluding carboxylic acids is 2. The third-order valence-corrected chi connectivity index (χ3v) is 6.10. The molecule has 33 heavy (non-hydrogen) atoms. The normalized spacial score (nSPS) is 13.4. The second kappa shape index (κ2) is 10.2. The molecule has 4 rings (SSSR count). The van der Waals surface area contributed by atoms with Crippen LogP contribution < -0.4 is 15.4 Å². The van der Waals surface area contributed by atoms with Crippen molar-refractivity contribution in [3.63, 3.8) is 0 Å². The van der Waals surface area contributed by atoms with Gasteiger partial charge in [-0.25, -0.2) is 0 Å². The van der Waals surface area contributed by atoms with E-state index in [0.717, 1.165) is 46.4 Å². The summed E-state index contributed by atoms with van der Waals surface area (Å²) in [7, 11) is 3.20. The number of ether oxygens (including phenoxy) is 1. The number of hydrogen-bond acceptors (Lipinski definition) is 6. The number of nitrogens with one attached hydrogen (secondary N) is 2. The van der Waals surface area contributed by atoms with Crippen molar-refractivity contribution < 1.29 is 14.3 Å². The molecule has 0 unspecified atom stereocenters. The highest BCUT2D eigenvalue weighted by atomic mass is 35.5. The van der Waals surface area contributed by atoms with Gasteiger partial charge in [-0.2, -0.15) is 0 Å². The van der Waals surface area contributed by atoms with E-state index < -0.39 is 0 Å². The van der Waals surface area contributed by atoms with Crippen LogP contribution in [0.1, 0.15) is 16.8 Å². The Morgan fingerprint density at radius 2 is 2.03 bits per heavy atom. The topological polar surface area (TPSA) is 83.6 Å². The molecule has 0 bridgehead atoms. The molecule has 0 atom stereocenters. The minimum Gasteiger partial charge on any atom is -0.496 e. The number of amides is 1. The van der Waals surface area contributed by atoms with E-state index in [1.165, 1.54) is 0 Å². The number of halogens is 1. The first kappa shape index (κ1) is 23.0. The summed E-state index contributed by atoms with van der Waals surface area (Å²) in [4.78, 5) is 31.8. The molecular formula is C25H27ClN4O3. The van der Waals surface area contributed by atoms with E-state index >= 15 is 0 Å². The van der Waals surface area contributed by atoms with E-state index in [0.29, 0.717) is 23.9 Å². The quantitative estimate of drug-likeness (QED) is 0.530. The van der Waals surface area contributed by atoms with Crippen LogP contribution in [0.3, 0.4) is 0 Å². The molecule has 2 N–H and O–H groups in total. The zero-order chi connectivity index (χ0) is 23.4. The van der Waals surface area contributed by atoms with Crippen LogP contribution in [0.2, 0.25) is 5.02 Å². The number of anilines is 1. The number of para-hydroxylation sites is 1. The van der Waals surface area contributed by atoms with Gasteiger partial charge in [-0.05, 0) is 24.3 Å². The zero-order valence-corrected chi connectivity index (χ0v) is 19.5. The molecule has 7 nitrogen and oxygen atoms in total. The Hall–Kier alpha value is -3.16. The van der Waals surface area contributed by atoms with Gasteiger partial charge in [0.1, 0.15) is 5.75 Å². The van der Waals surface area contributed by atoms with Crippen LogP contribution in [0.25, 0.3) is 10.9 Å². The fourth-order valence-corrected chi connectivity index (χ4v) is 4.44. The molecular weight excluding hydrogens is 440 g/mol. The van der Waals surface area contributed by atoms with Crippen LogP contribution in [0.15, 0.2) is 42.5 Å². The van der Waals surface area contributed by atoms with Crippen molar-refractivity contribution in [3.8, 4) is 5.75 Å². The lowest BCUT2D eigenvalue weighted by molar-refractivity contribution is -0.120. The standard InChI is InChI=1S/C25H27ClN4O3/c1-27-24(32)13-28-25-19-5-3-4-6-21(19)29-22-9-10-30(15-20(22)25)14-18(31)12-16-11-17(26)7-8-23(16)33-2/h3-8,11H,9-10,12-15H2,1-2H3,(H,27,32)(H,28,29). The van der Waals surface area contributed by atoms with E-state index in [9.17, 15) is 9.59 Å². The second-order valence-corrected chi connectivity index (χ2v) is 8.52. The largest absolute Gasteiger partial charge is 0.496 e. The molecule has 172 valence electrons. The molecule has 0 saturated heterocycles. The Morgan fingerprint density at radius 1 is 1.21 bits per heavy atom. The number of likely N-dealkylation sites (N-methyl/N-ethyl adjacent to an activating group) is 1. The van der Waals surface area contributed by atoms with E-state index in [-0.39, 0.29) is 24.7 Å². The Kier molecular flexibility index (Phi) is 7.11. The van der Waals surface area contributed by atoms with Gasteiger partial charge in [-0.15, -0.1) is 0 Å². The summed E-state index contributed by atoms with van der Waals surface area (Å²) in [6, 6.07) is 13.2. The number of methoxy groups -OCH3 is 1. The number of pyridine rings is 1. The van der Waals surface area contributed by atoms with Gasteiger partial charge in [-0.3, -0.25) is 19.5 Å². The maximum Gasteiger partial charge on any atom is 0.239 e. The highest BCUT2D eigenvalue weighted by molar-refractivity contribution is 6.30. The monoisotopic (exact) mass is 466 g/mol. The fraction of sp³-hybridized carbons (Fsp3) is 0.320. The van der Waals surface area contributed by atoms with Crippen molar-refractivity contribution in [1.29, 1.82) is 0 Å². The number of fused-ring (bicyclic) bond motifs is 2. The lowest BCUT2D eigenvalue weighted by Crippen LogP contribution is -2.36. The molecule has 1 amide bonds. The summed E-state index contributed by atoms with van der Waals surface area (Å²) in [6.45, 7) is 1.81. The van der Waals surface area contributed by atoms with Crippen molar-refractivity contribution in [1.82, 2.24) is 15.2 Å². The van der Waals surface area contributed by atoms with E-state index in [1.807, 2.05) is 24.3 Å². The minimum absolute atomic E-state index is 0.0904. The summed E-state index contributed by atoms with van der Waals surface area (Å²) < 4.78 is 5.38. The number of benzene rings is 2. The molecule has 0 fully saturated rings. The minimum atomic E-state index is -0.0945. The molecule has 0 saturated carbocycles. The van der Waals surface area contributed by atoms with Crippen molar-refractivity contribution >= 4 is 39.9 Å². The van der Waals surface area contributed by atoms with Gasteiger partial charge in [0.05, 0.1) is 31.4 Å². The lowest BCUT2D eigenvalue weighted by atomic mass is 9.99. The molecule has 2 heterocycles. The van der Waals surface area contributed by atoms with Gasteiger partial charge in [-0.1, -0.05) is 29.8 Å². The number of ketones is 1. The van der Waals surface area contributed by atoms with Crippen molar-refractivity contribution in [2.45, 2.75) is 19.4 Å². The smallest absolute Gasteiger partial charge is 0.239 e. The van der Waals surface area contributed by atoms with Crippen molar-refractivity contribution in [3.05, 3.63) is 64.3 Å². The number of carbonyl (C=O) groups is 2. The molecule has 1 aromatic heterocycles. The molecule has 3 aromatic rings. The number of nitrogens with zero attached hydrogens (tertiary/aromatic N) is 2. The summed E-state index contributed by atoms with van der Waals surface area (Å²) in [5, 5.41) is 7.50. The molecule has 2 aromatic carbocycles. The Labute approximate surface area is 198 Å². The van der Waals surface area contributed by atoms with E-state index in [2.05, 4.69) is 15.5 Å². The van der Waals surface area contributed by atoms with E-state index in [4.69, 9.17) is 21.3 Å². The summed E-state index contributed by atoms with van der Waals surface area (Å²) in [5.74, 6) is 0.656. The first-order chi connectivity index (χ1) is 16.0. The SMILES string of the molecule is CNC(=O)CNc1c2c(nc3ccccc13)CCN(CC(=O)Cc1cc(Cl)ccc1OC)C2. The number of rotatable bonds is 8. The van der Waals surface area contributed by atoms with Crippen LogP contribution in [0.5, 0.6) is 5.75 Å². The van der Waals surface area contributed by atoms with Crippen LogP contribution in [-0.2, 0) is 29.0 Å². The first-order valence-corrected chi connectivity index (χ1v) is 11.3. The number of hydrogen-bond donors (Lipinski definition) is 2. The summed E-state index contributed by atoms with van der Waals surface area (Å²) in [6.07, 6.45) is 0.993. The van der Waals surface area contributed by atoms with Gasteiger partial charge in [0.15, 0.2) is 5.78 Å². The third-order valence-electron chi connectivity index (χ3n) is 5.86. The summed E-state index contributed by atoms with van der Waals surface area (Å²) in [5.41, 5.74) is 4.64. The van der Waals surface area contributed by atoms with E-state index in [1.54, 1.807) is 32.4 Å². The van der Waals surface area contributed by atoms with Gasteiger partial charge in [0.2, 0.25) is 5.91 Å². The Morgan fingerprint density at radius 3 is 2.82 bits per heavy atom. The molecule has 0 aliphatic carbocycles. The molecule has 1 aliphatic heterocycles.